The molecule has 0 saturated carbocycles. The van der Waals surface area contributed by atoms with E-state index >= 15 is 0 Å². The number of anilines is 2. The van der Waals surface area contributed by atoms with E-state index in [0.29, 0.717) is 29.4 Å². The van der Waals surface area contributed by atoms with Crippen molar-refractivity contribution in [1.29, 1.82) is 0 Å². The molecule has 2 amide bonds. The molecule has 2 N–H and O–H groups in total. The Labute approximate surface area is 182 Å². The molecule has 2 rings (SSSR count). The highest BCUT2D eigenvalue weighted by Crippen LogP contribution is 2.26. The summed E-state index contributed by atoms with van der Waals surface area (Å²) in [5.74, 6) is -0.821. The second-order valence-electron chi connectivity index (χ2n) is 7.29. The smallest absolute Gasteiger partial charge is 0.234 e. The molecule has 2 aromatic carbocycles. The fourth-order valence-electron chi connectivity index (χ4n) is 2.72. The number of rotatable bonds is 9. The Morgan fingerprint density at radius 2 is 1.80 bits per heavy atom. The molecule has 1 unspecified atom stereocenters. The van der Waals surface area contributed by atoms with Crippen LogP contribution in [0.25, 0.3) is 0 Å². The number of halogens is 1. The van der Waals surface area contributed by atoms with Crippen molar-refractivity contribution in [3.8, 4) is 5.75 Å². The van der Waals surface area contributed by atoms with Crippen LogP contribution >= 0.6 is 11.6 Å². The summed E-state index contributed by atoms with van der Waals surface area (Å²) in [6, 6.07) is 10.8. The highest BCUT2D eigenvalue weighted by molar-refractivity contribution is 6.34. The summed E-state index contributed by atoms with van der Waals surface area (Å²) in [5.41, 5.74) is 3.08. The molecule has 0 radical (unpaired) electrons. The summed E-state index contributed by atoms with van der Waals surface area (Å²) >= 11 is 6.12. The number of benzene rings is 2. The van der Waals surface area contributed by atoms with Crippen LogP contribution < -0.4 is 15.4 Å². The predicted molar refractivity (Wildman–Crippen MR) is 119 cm³/mol. The van der Waals surface area contributed by atoms with Crippen LogP contribution in [0.4, 0.5) is 11.4 Å². The summed E-state index contributed by atoms with van der Waals surface area (Å²) in [6.07, 6.45) is 0.850. The number of ketones is 1. The van der Waals surface area contributed by atoms with Crippen molar-refractivity contribution in [3.05, 3.63) is 52.5 Å². The van der Waals surface area contributed by atoms with Crippen LogP contribution in [0.2, 0.25) is 5.02 Å². The van der Waals surface area contributed by atoms with E-state index in [1.54, 1.807) is 18.2 Å². The zero-order valence-corrected chi connectivity index (χ0v) is 18.4. The molecule has 0 heterocycles. The quantitative estimate of drug-likeness (QED) is 0.437. The first-order valence-electron chi connectivity index (χ1n) is 9.78. The summed E-state index contributed by atoms with van der Waals surface area (Å²) < 4.78 is 5.74. The van der Waals surface area contributed by atoms with Gasteiger partial charge in [-0.2, -0.15) is 0 Å². The number of nitrogens with one attached hydrogen (secondary N) is 2. The van der Waals surface area contributed by atoms with E-state index in [2.05, 4.69) is 16.7 Å². The van der Waals surface area contributed by atoms with Gasteiger partial charge in [-0.25, -0.2) is 0 Å². The van der Waals surface area contributed by atoms with Gasteiger partial charge in [-0.05, 0) is 63.9 Å². The molecule has 0 spiro atoms. The maximum absolute atomic E-state index is 12.2. The van der Waals surface area contributed by atoms with Gasteiger partial charge >= 0.3 is 0 Å². The number of ether oxygens (including phenoxy) is 1. The largest absolute Gasteiger partial charge is 0.493 e. The molecular weight excluding hydrogens is 404 g/mol. The Kier molecular flexibility index (Phi) is 8.42. The molecule has 30 heavy (non-hydrogen) atoms. The first-order chi connectivity index (χ1) is 14.2. The molecular formula is C23H27ClN2O4. The number of hydrogen-bond acceptors (Lipinski definition) is 4. The second kappa shape index (κ2) is 10.8. The lowest BCUT2D eigenvalue weighted by Gasteiger charge is -2.13. The molecule has 0 bridgehead atoms. The van der Waals surface area contributed by atoms with Gasteiger partial charge < -0.3 is 15.4 Å². The molecule has 1 atom stereocenters. The zero-order valence-electron chi connectivity index (χ0n) is 17.7. The third-order valence-corrected chi connectivity index (χ3v) is 4.98. The molecule has 160 valence electrons. The summed E-state index contributed by atoms with van der Waals surface area (Å²) in [4.78, 5) is 35.7. The minimum atomic E-state index is -0.781. The lowest BCUT2D eigenvalue weighted by molar-refractivity contribution is -0.129. The van der Waals surface area contributed by atoms with E-state index in [0.717, 1.165) is 11.3 Å². The van der Waals surface area contributed by atoms with Gasteiger partial charge in [-0.3, -0.25) is 14.4 Å². The van der Waals surface area contributed by atoms with Gasteiger partial charge in [0.1, 0.15) is 11.5 Å². The average Bonchev–Trinajstić information content (AvgIpc) is 2.68. The summed E-state index contributed by atoms with van der Waals surface area (Å²) in [6.45, 7) is 7.33. The number of aryl methyl sites for hydroxylation is 2. The number of hydrogen-bond donors (Lipinski definition) is 2. The van der Waals surface area contributed by atoms with Gasteiger partial charge in [-0.15, -0.1) is 0 Å². The van der Waals surface area contributed by atoms with Crippen LogP contribution in [-0.2, 0) is 14.4 Å². The van der Waals surface area contributed by atoms with Crippen LogP contribution in [0.3, 0.4) is 0 Å². The third kappa shape index (κ3) is 6.88. The highest BCUT2D eigenvalue weighted by Gasteiger charge is 2.18. The van der Waals surface area contributed by atoms with Crippen LogP contribution in [0, 0.1) is 19.8 Å². The lowest BCUT2D eigenvalue weighted by atomic mass is 10.1. The average molecular weight is 431 g/mol. The van der Waals surface area contributed by atoms with E-state index in [1.807, 2.05) is 26.0 Å². The number of amides is 2. The fraction of sp³-hybridized carbons (Fsp3) is 0.348. The molecule has 6 nitrogen and oxygen atoms in total. The van der Waals surface area contributed by atoms with Gasteiger partial charge in [0.15, 0.2) is 0 Å². The van der Waals surface area contributed by atoms with Gasteiger partial charge in [0.25, 0.3) is 0 Å². The standard InChI is InChI=1S/C23H27ClN2O4/c1-14-7-10-21(15(2)12-14)30-11-5-6-22(28)25-18-8-9-19(24)20(13-18)26-23(29)16(3)17(4)27/h7-10,12-13,16H,5-6,11H2,1-4H3,(H,25,28)(H,26,29). The molecule has 2 aromatic rings. The van der Waals surface area contributed by atoms with Gasteiger partial charge in [0, 0.05) is 12.1 Å². The third-order valence-electron chi connectivity index (χ3n) is 4.65. The minimum absolute atomic E-state index is 0.170. The highest BCUT2D eigenvalue weighted by atomic mass is 35.5. The van der Waals surface area contributed by atoms with Gasteiger partial charge in [-0.1, -0.05) is 29.3 Å². The zero-order chi connectivity index (χ0) is 22.3. The first kappa shape index (κ1) is 23.4. The molecule has 0 aromatic heterocycles. The predicted octanol–water partition coefficient (Wildman–Crippen LogP) is 4.92. The Morgan fingerprint density at radius 3 is 2.47 bits per heavy atom. The Balaban J connectivity index is 1.86. The van der Waals surface area contributed by atoms with Crippen molar-refractivity contribution in [1.82, 2.24) is 0 Å². The number of carbonyl (C=O) groups is 3. The maximum atomic E-state index is 12.2. The van der Waals surface area contributed by atoms with E-state index < -0.39 is 11.8 Å². The molecule has 0 aliphatic carbocycles. The van der Waals surface area contributed by atoms with E-state index in [-0.39, 0.29) is 18.1 Å². The molecule has 0 aliphatic heterocycles. The van der Waals surface area contributed by atoms with Crippen molar-refractivity contribution in [2.45, 2.75) is 40.5 Å². The maximum Gasteiger partial charge on any atom is 0.234 e. The Hall–Kier alpha value is -2.86. The first-order valence-corrected chi connectivity index (χ1v) is 10.2. The Morgan fingerprint density at radius 1 is 1.07 bits per heavy atom. The van der Waals surface area contributed by atoms with Crippen molar-refractivity contribution in [3.63, 3.8) is 0 Å². The topological polar surface area (TPSA) is 84.5 Å². The van der Waals surface area contributed by atoms with Crippen LogP contribution in [-0.4, -0.2) is 24.2 Å². The number of carbonyl (C=O) groups excluding carboxylic acids is 3. The van der Waals surface area contributed by atoms with E-state index in [9.17, 15) is 14.4 Å². The summed E-state index contributed by atoms with van der Waals surface area (Å²) in [7, 11) is 0. The SMILES string of the molecule is CC(=O)C(C)C(=O)Nc1cc(NC(=O)CCCOc2ccc(C)cc2C)ccc1Cl. The molecule has 7 heteroatoms. The molecule has 0 aliphatic rings. The van der Waals surface area contributed by atoms with Crippen molar-refractivity contribution >= 4 is 40.6 Å². The minimum Gasteiger partial charge on any atom is -0.493 e. The number of Topliss-reactive ketones (excluding diaryl/α,β-unsaturated/α-hetero) is 1. The monoisotopic (exact) mass is 430 g/mol. The van der Waals surface area contributed by atoms with Gasteiger partial charge in [0.05, 0.1) is 23.2 Å². The van der Waals surface area contributed by atoms with Crippen LogP contribution in [0.15, 0.2) is 36.4 Å². The molecule has 0 fully saturated rings. The Bertz CT molecular complexity index is 943. The van der Waals surface area contributed by atoms with Crippen molar-refractivity contribution < 1.29 is 19.1 Å². The van der Waals surface area contributed by atoms with E-state index in [1.165, 1.54) is 19.4 Å². The fourth-order valence-corrected chi connectivity index (χ4v) is 2.89. The lowest BCUT2D eigenvalue weighted by Crippen LogP contribution is -2.25. The second-order valence-corrected chi connectivity index (χ2v) is 7.69. The van der Waals surface area contributed by atoms with Gasteiger partial charge in [0.2, 0.25) is 11.8 Å². The van der Waals surface area contributed by atoms with Crippen LogP contribution in [0.5, 0.6) is 5.75 Å². The molecule has 0 saturated heterocycles. The van der Waals surface area contributed by atoms with Crippen LogP contribution in [0.1, 0.15) is 37.8 Å². The van der Waals surface area contributed by atoms with Crippen molar-refractivity contribution in [2.24, 2.45) is 5.92 Å². The normalized spacial score (nSPS) is 11.5. The van der Waals surface area contributed by atoms with E-state index in [4.69, 9.17) is 16.3 Å². The van der Waals surface area contributed by atoms with Crippen molar-refractivity contribution in [2.75, 3.05) is 17.2 Å². The summed E-state index contributed by atoms with van der Waals surface area (Å²) in [5, 5.41) is 5.72.